The Morgan fingerprint density at radius 1 is 1.25 bits per heavy atom. The molecule has 0 aliphatic heterocycles. The smallest absolute Gasteiger partial charge is 0.169 e. The molecular formula is C12H13IO3. The molecule has 1 aromatic carbocycles. The maximum absolute atomic E-state index is 12.1. The van der Waals surface area contributed by atoms with E-state index >= 15 is 0 Å². The van der Waals surface area contributed by atoms with Gasteiger partial charge in [-0.15, -0.1) is 0 Å². The zero-order valence-electron chi connectivity index (χ0n) is 8.74. The monoisotopic (exact) mass is 332 g/mol. The van der Waals surface area contributed by atoms with Crippen molar-refractivity contribution in [1.82, 2.24) is 0 Å². The van der Waals surface area contributed by atoms with Crippen molar-refractivity contribution in [2.24, 2.45) is 5.92 Å². The van der Waals surface area contributed by atoms with Crippen LogP contribution in [0.2, 0.25) is 0 Å². The second-order valence-electron chi connectivity index (χ2n) is 4.14. The first kappa shape index (κ1) is 11.7. The molecule has 1 aromatic rings. The van der Waals surface area contributed by atoms with E-state index in [4.69, 9.17) is 0 Å². The van der Waals surface area contributed by atoms with E-state index in [1.165, 1.54) is 12.1 Å². The van der Waals surface area contributed by atoms with Gasteiger partial charge in [-0.3, -0.25) is 4.79 Å². The second-order valence-corrected chi connectivity index (χ2v) is 5.22. The topological polar surface area (TPSA) is 57.5 Å². The highest BCUT2D eigenvalue weighted by molar-refractivity contribution is 14.1. The lowest BCUT2D eigenvalue weighted by atomic mass is 9.95. The third-order valence-electron chi connectivity index (χ3n) is 3.09. The van der Waals surface area contributed by atoms with Crippen LogP contribution >= 0.6 is 22.6 Å². The molecule has 1 aliphatic rings. The van der Waals surface area contributed by atoms with Crippen molar-refractivity contribution < 1.29 is 15.0 Å². The van der Waals surface area contributed by atoms with Crippen molar-refractivity contribution >= 4 is 28.4 Å². The summed E-state index contributed by atoms with van der Waals surface area (Å²) in [6, 6.07) is 2.97. The molecule has 86 valence electrons. The van der Waals surface area contributed by atoms with Crippen LogP contribution in [-0.2, 0) is 0 Å². The van der Waals surface area contributed by atoms with Gasteiger partial charge in [0.05, 0.1) is 9.13 Å². The molecule has 0 atom stereocenters. The summed E-state index contributed by atoms with van der Waals surface area (Å²) < 4.78 is 0.349. The van der Waals surface area contributed by atoms with Gasteiger partial charge in [-0.25, -0.2) is 0 Å². The summed E-state index contributed by atoms with van der Waals surface area (Å²) in [4.78, 5) is 12.1. The number of Topliss-reactive ketones (excluding diaryl/α,β-unsaturated/α-hetero) is 1. The lowest BCUT2D eigenvalue weighted by Crippen LogP contribution is -2.11. The summed E-state index contributed by atoms with van der Waals surface area (Å²) in [5, 5.41) is 19.2. The van der Waals surface area contributed by atoms with Gasteiger partial charge < -0.3 is 10.2 Å². The highest BCUT2D eigenvalue weighted by Crippen LogP contribution is 2.36. The lowest BCUT2D eigenvalue weighted by Gasteiger charge is -2.11. The third kappa shape index (κ3) is 2.03. The highest BCUT2D eigenvalue weighted by atomic mass is 127. The molecular weight excluding hydrogens is 319 g/mol. The van der Waals surface area contributed by atoms with Crippen molar-refractivity contribution in [2.45, 2.75) is 25.7 Å². The number of carbonyl (C=O) groups is 1. The van der Waals surface area contributed by atoms with Crippen LogP contribution in [0.25, 0.3) is 0 Å². The molecule has 16 heavy (non-hydrogen) atoms. The molecule has 2 rings (SSSR count). The molecule has 0 spiro atoms. The largest absolute Gasteiger partial charge is 0.507 e. The van der Waals surface area contributed by atoms with Crippen LogP contribution in [-0.4, -0.2) is 16.0 Å². The van der Waals surface area contributed by atoms with E-state index in [1.807, 2.05) is 22.6 Å². The maximum atomic E-state index is 12.1. The molecule has 0 unspecified atom stereocenters. The number of phenols is 2. The van der Waals surface area contributed by atoms with E-state index in [1.54, 1.807) is 0 Å². The minimum Gasteiger partial charge on any atom is -0.507 e. The molecule has 0 amide bonds. The molecule has 4 heteroatoms. The van der Waals surface area contributed by atoms with Gasteiger partial charge in [0.2, 0.25) is 0 Å². The van der Waals surface area contributed by atoms with Crippen LogP contribution in [0.15, 0.2) is 12.1 Å². The second kappa shape index (κ2) is 4.61. The average Bonchev–Trinajstić information content (AvgIpc) is 2.79. The minimum absolute atomic E-state index is 0.00733. The van der Waals surface area contributed by atoms with Crippen molar-refractivity contribution in [3.8, 4) is 11.5 Å². The van der Waals surface area contributed by atoms with Crippen LogP contribution in [0.4, 0.5) is 0 Å². The molecule has 0 saturated heterocycles. The third-order valence-corrected chi connectivity index (χ3v) is 4.15. The molecule has 0 aromatic heterocycles. The summed E-state index contributed by atoms with van der Waals surface area (Å²) >= 11 is 1.84. The number of phenolic OH excluding ortho intramolecular Hbond substituents is 2. The van der Waals surface area contributed by atoms with Gasteiger partial charge >= 0.3 is 0 Å². The molecule has 0 bridgehead atoms. The Morgan fingerprint density at radius 3 is 2.50 bits per heavy atom. The molecule has 1 saturated carbocycles. The van der Waals surface area contributed by atoms with Crippen molar-refractivity contribution in [3.63, 3.8) is 0 Å². The number of ketones is 1. The van der Waals surface area contributed by atoms with Gasteiger partial charge in [0.1, 0.15) is 11.5 Å². The molecule has 0 radical (unpaired) electrons. The van der Waals surface area contributed by atoms with Crippen molar-refractivity contribution in [2.75, 3.05) is 0 Å². The number of aromatic hydroxyl groups is 2. The minimum atomic E-state index is -0.0856. The van der Waals surface area contributed by atoms with Gasteiger partial charge in [0.25, 0.3) is 0 Å². The van der Waals surface area contributed by atoms with Crippen molar-refractivity contribution in [3.05, 3.63) is 21.3 Å². The Kier molecular flexibility index (Phi) is 3.37. The van der Waals surface area contributed by atoms with Crippen LogP contribution in [0.1, 0.15) is 36.0 Å². The standard InChI is InChI=1S/C12H13IO3/c13-10-9(14)6-5-8(12(10)16)11(15)7-3-1-2-4-7/h5-7,14,16H,1-4H2. The van der Waals surface area contributed by atoms with Gasteiger partial charge in [0, 0.05) is 5.92 Å². The van der Waals surface area contributed by atoms with Crippen LogP contribution < -0.4 is 0 Å². The first-order valence-electron chi connectivity index (χ1n) is 5.36. The van der Waals surface area contributed by atoms with E-state index < -0.39 is 0 Å². The van der Waals surface area contributed by atoms with Gasteiger partial charge in [-0.05, 0) is 47.6 Å². The highest BCUT2D eigenvalue weighted by Gasteiger charge is 2.26. The fourth-order valence-electron chi connectivity index (χ4n) is 2.16. The lowest BCUT2D eigenvalue weighted by molar-refractivity contribution is 0.0920. The Balaban J connectivity index is 2.33. The predicted octanol–water partition coefficient (Wildman–Crippen LogP) is 3.08. The summed E-state index contributed by atoms with van der Waals surface area (Å²) in [6.07, 6.45) is 4.00. The SMILES string of the molecule is O=C(c1ccc(O)c(I)c1O)C1CCCC1. The number of carbonyl (C=O) groups excluding carboxylic acids is 1. The Bertz CT molecular complexity index is 423. The van der Waals surface area contributed by atoms with E-state index in [0.717, 1.165) is 25.7 Å². The number of hydrogen-bond donors (Lipinski definition) is 2. The van der Waals surface area contributed by atoms with Crippen molar-refractivity contribution in [1.29, 1.82) is 0 Å². The van der Waals surface area contributed by atoms with E-state index in [0.29, 0.717) is 9.13 Å². The molecule has 1 fully saturated rings. The number of halogens is 1. The quantitative estimate of drug-likeness (QED) is 0.646. The zero-order chi connectivity index (χ0) is 11.7. The Hall–Kier alpha value is -0.780. The zero-order valence-corrected chi connectivity index (χ0v) is 10.9. The maximum Gasteiger partial charge on any atom is 0.169 e. The van der Waals surface area contributed by atoms with E-state index in [-0.39, 0.29) is 23.2 Å². The Morgan fingerprint density at radius 2 is 1.88 bits per heavy atom. The normalized spacial score (nSPS) is 16.6. The average molecular weight is 332 g/mol. The number of benzene rings is 1. The summed E-state index contributed by atoms with van der Waals surface area (Å²) in [7, 11) is 0. The van der Waals surface area contributed by atoms with Crippen LogP contribution in [0.5, 0.6) is 11.5 Å². The summed E-state index contributed by atoms with van der Waals surface area (Å²) in [6.45, 7) is 0. The fraction of sp³-hybridized carbons (Fsp3) is 0.417. The first-order chi connectivity index (χ1) is 7.61. The summed E-state index contributed by atoms with van der Waals surface area (Å²) in [5.41, 5.74) is 0.342. The van der Waals surface area contributed by atoms with Crippen LogP contribution in [0.3, 0.4) is 0 Å². The molecule has 2 N–H and O–H groups in total. The van der Waals surface area contributed by atoms with Gasteiger partial charge in [-0.2, -0.15) is 0 Å². The van der Waals surface area contributed by atoms with Gasteiger partial charge in [0.15, 0.2) is 5.78 Å². The molecule has 3 nitrogen and oxygen atoms in total. The Labute approximate surface area is 108 Å². The number of rotatable bonds is 2. The molecule has 1 aliphatic carbocycles. The predicted molar refractivity (Wildman–Crippen MR) is 68.8 cm³/mol. The molecule has 0 heterocycles. The summed E-state index contributed by atoms with van der Waals surface area (Å²) in [5.74, 6) is -0.0160. The van der Waals surface area contributed by atoms with E-state index in [9.17, 15) is 15.0 Å². The van der Waals surface area contributed by atoms with Crippen LogP contribution in [0, 0.1) is 9.49 Å². The first-order valence-corrected chi connectivity index (χ1v) is 6.43. The van der Waals surface area contributed by atoms with E-state index in [2.05, 4.69) is 0 Å². The fourth-order valence-corrected chi connectivity index (χ4v) is 2.63. The van der Waals surface area contributed by atoms with Gasteiger partial charge in [-0.1, -0.05) is 12.8 Å². The number of hydrogen-bond acceptors (Lipinski definition) is 3.